The Kier molecular flexibility index (Phi) is 5.18. The van der Waals surface area contributed by atoms with Gasteiger partial charge in [0.25, 0.3) is 0 Å². The number of amides is 1. The average Bonchev–Trinajstić information content (AvgIpc) is 2.26. The van der Waals surface area contributed by atoms with Crippen molar-refractivity contribution in [3.05, 3.63) is 23.8 Å². The molecule has 1 rings (SSSR count). The summed E-state index contributed by atoms with van der Waals surface area (Å²) in [5.74, 6) is -0.0218. The Balaban J connectivity index is 2.77. The maximum absolute atomic E-state index is 11.7. The minimum atomic E-state index is -0.265. The average molecular weight is 266 g/mol. The van der Waals surface area contributed by atoms with Crippen LogP contribution in [0.25, 0.3) is 0 Å². The first-order valence-corrected chi connectivity index (χ1v) is 6.33. The van der Waals surface area contributed by atoms with Crippen molar-refractivity contribution in [2.75, 3.05) is 13.6 Å². The maximum Gasteiger partial charge on any atom is 0.234 e. The fraction of sp³-hybridized carbons (Fsp3) is 0.500. The Morgan fingerprint density at radius 3 is 2.26 bits per heavy atom. The molecule has 5 nitrogen and oxygen atoms in total. The van der Waals surface area contributed by atoms with Crippen LogP contribution in [0.4, 0.5) is 0 Å². The summed E-state index contributed by atoms with van der Waals surface area (Å²) in [7, 11) is 1.77. The minimum Gasteiger partial charge on any atom is -0.507 e. The minimum absolute atomic E-state index is 0.0311. The van der Waals surface area contributed by atoms with E-state index in [2.05, 4.69) is 5.32 Å². The van der Waals surface area contributed by atoms with Gasteiger partial charge >= 0.3 is 0 Å². The van der Waals surface area contributed by atoms with E-state index in [0.29, 0.717) is 5.56 Å². The Morgan fingerprint density at radius 1 is 1.26 bits per heavy atom. The molecule has 0 aliphatic rings. The van der Waals surface area contributed by atoms with E-state index in [9.17, 15) is 15.0 Å². The molecule has 0 spiro atoms. The third-order valence-electron chi connectivity index (χ3n) is 2.98. The molecule has 1 aromatic carbocycles. The third kappa shape index (κ3) is 4.13. The van der Waals surface area contributed by atoms with E-state index in [0.717, 1.165) is 0 Å². The fourth-order valence-electron chi connectivity index (χ4n) is 1.92. The molecule has 3 N–H and O–H groups in total. The fourth-order valence-corrected chi connectivity index (χ4v) is 1.92. The number of hydrogen-bond donors (Lipinski definition) is 3. The molecule has 0 aromatic heterocycles. The molecule has 1 atom stereocenters. The van der Waals surface area contributed by atoms with E-state index in [4.69, 9.17) is 0 Å². The molecule has 0 aliphatic heterocycles. The van der Waals surface area contributed by atoms with Gasteiger partial charge in [0, 0.05) is 12.1 Å². The topological polar surface area (TPSA) is 72.8 Å². The molecule has 5 heteroatoms. The molecule has 0 bridgehead atoms. The molecule has 1 aromatic rings. The van der Waals surface area contributed by atoms with Gasteiger partial charge in [-0.05, 0) is 40.0 Å². The molecule has 19 heavy (non-hydrogen) atoms. The highest BCUT2D eigenvalue weighted by Crippen LogP contribution is 2.34. The van der Waals surface area contributed by atoms with Gasteiger partial charge in [0.1, 0.15) is 11.5 Å². The predicted molar refractivity (Wildman–Crippen MR) is 74.1 cm³/mol. The normalized spacial score (nSPS) is 12.7. The van der Waals surface area contributed by atoms with Crippen molar-refractivity contribution in [3.63, 3.8) is 0 Å². The van der Waals surface area contributed by atoms with Crippen molar-refractivity contribution >= 4 is 5.91 Å². The largest absolute Gasteiger partial charge is 0.507 e. The van der Waals surface area contributed by atoms with Crippen LogP contribution in [0, 0.1) is 0 Å². The van der Waals surface area contributed by atoms with Crippen LogP contribution in [0.3, 0.4) is 0 Å². The second-order valence-electron chi connectivity index (χ2n) is 5.02. The first kappa shape index (κ1) is 15.3. The highest BCUT2D eigenvalue weighted by Gasteiger charge is 2.20. The first-order chi connectivity index (χ1) is 8.82. The number of benzene rings is 1. The summed E-state index contributed by atoms with van der Waals surface area (Å²) in [6.07, 6.45) is 0. The molecule has 0 heterocycles. The molecular formula is C14H22N2O3. The zero-order valence-electron chi connectivity index (χ0n) is 11.8. The number of phenols is 2. The molecule has 106 valence electrons. The maximum atomic E-state index is 11.7. The lowest BCUT2D eigenvalue weighted by atomic mass is 10.0. The van der Waals surface area contributed by atoms with Crippen molar-refractivity contribution in [1.82, 2.24) is 10.2 Å². The molecule has 0 saturated heterocycles. The Hall–Kier alpha value is -1.75. The van der Waals surface area contributed by atoms with Gasteiger partial charge in [0.05, 0.1) is 12.1 Å². The number of carbonyl (C=O) groups excluding carboxylic acids is 1. The molecule has 1 amide bonds. The highest BCUT2D eigenvalue weighted by atomic mass is 16.3. The van der Waals surface area contributed by atoms with Crippen LogP contribution < -0.4 is 5.32 Å². The van der Waals surface area contributed by atoms with Crippen LogP contribution in [0.2, 0.25) is 0 Å². The third-order valence-corrected chi connectivity index (χ3v) is 2.98. The number of aromatic hydroxyl groups is 2. The van der Waals surface area contributed by atoms with Crippen LogP contribution >= 0.6 is 0 Å². The van der Waals surface area contributed by atoms with Gasteiger partial charge in [-0.25, -0.2) is 0 Å². The second-order valence-corrected chi connectivity index (χ2v) is 5.02. The summed E-state index contributed by atoms with van der Waals surface area (Å²) in [4.78, 5) is 13.5. The number of nitrogens with zero attached hydrogens (tertiary/aromatic N) is 1. The van der Waals surface area contributed by atoms with Crippen molar-refractivity contribution in [1.29, 1.82) is 0 Å². The van der Waals surface area contributed by atoms with Crippen LogP contribution in [-0.4, -0.2) is 40.7 Å². The number of rotatable bonds is 5. The lowest BCUT2D eigenvalue weighted by molar-refractivity contribution is -0.122. The zero-order chi connectivity index (χ0) is 14.6. The van der Waals surface area contributed by atoms with Gasteiger partial charge in [-0.1, -0.05) is 6.07 Å². The van der Waals surface area contributed by atoms with E-state index < -0.39 is 0 Å². The van der Waals surface area contributed by atoms with E-state index in [1.54, 1.807) is 18.0 Å². The van der Waals surface area contributed by atoms with Crippen molar-refractivity contribution in [2.45, 2.75) is 32.9 Å². The summed E-state index contributed by atoms with van der Waals surface area (Å²) in [6, 6.07) is 4.45. The first-order valence-electron chi connectivity index (χ1n) is 6.33. The van der Waals surface area contributed by atoms with E-state index >= 15 is 0 Å². The van der Waals surface area contributed by atoms with Gasteiger partial charge in [-0.3, -0.25) is 9.69 Å². The smallest absolute Gasteiger partial charge is 0.234 e. The van der Waals surface area contributed by atoms with E-state index in [1.807, 2.05) is 20.8 Å². The standard InChI is InChI=1S/C14H22N2O3/c1-9(2)15-13(19)8-16(4)10(3)14-11(17)6-5-7-12(14)18/h5-7,9-10,17-18H,8H2,1-4H3,(H,15,19). The Morgan fingerprint density at radius 2 is 1.79 bits per heavy atom. The number of hydrogen-bond acceptors (Lipinski definition) is 4. The highest BCUT2D eigenvalue weighted by molar-refractivity contribution is 5.78. The van der Waals surface area contributed by atoms with Gasteiger partial charge in [-0.2, -0.15) is 0 Å². The monoisotopic (exact) mass is 266 g/mol. The van der Waals surface area contributed by atoms with Crippen LogP contribution in [0.15, 0.2) is 18.2 Å². The van der Waals surface area contributed by atoms with E-state index in [-0.39, 0.29) is 36.0 Å². The number of phenolic OH excluding ortho intramolecular Hbond substituents is 2. The van der Waals surface area contributed by atoms with Crippen molar-refractivity contribution in [3.8, 4) is 11.5 Å². The molecule has 0 aliphatic carbocycles. The number of nitrogens with one attached hydrogen (secondary N) is 1. The molecule has 1 unspecified atom stereocenters. The lowest BCUT2D eigenvalue weighted by Crippen LogP contribution is -2.39. The van der Waals surface area contributed by atoms with Gasteiger partial charge < -0.3 is 15.5 Å². The molecular weight excluding hydrogens is 244 g/mol. The SMILES string of the molecule is CC(C)NC(=O)CN(C)C(C)c1c(O)cccc1O. The molecule has 0 radical (unpaired) electrons. The number of carbonyl (C=O) groups is 1. The quantitative estimate of drug-likeness (QED) is 0.757. The molecule has 0 fully saturated rings. The van der Waals surface area contributed by atoms with Crippen LogP contribution in [-0.2, 0) is 4.79 Å². The zero-order valence-corrected chi connectivity index (χ0v) is 11.8. The van der Waals surface area contributed by atoms with Crippen molar-refractivity contribution < 1.29 is 15.0 Å². The second kappa shape index (κ2) is 6.43. The Bertz CT molecular complexity index is 426. The summed E-state index contributed by atoms with van der Waals surface area (Å²) in [5.41, 5.74) is 0.433. The van der Waals surface area contributed by atoms with Crippen molar-refractivity contribution in [2.24, 2.45) is 0 Å². The van der Waals surface area contributed by atoms with E-state index in [1.165, 1.54) is 12.1 Å². The summed E-state index contributed by atoms with van der Waals surface area (Å²) < 4.78 is 0. The number of likely N-dealkylation sites (N-methyl/N-ethyl adjacent to an activating group) is 1. The lowest BCUT2D eigenvalue weighted by Gasteiger charge is -2.26. The summed E-state index contributed by atoms with van der Waals surface area (Å²) >= 11 is 0. The summed E-state index contributed by atoms with van der Waals surface area (Å²) in [5, 5.41) is 22.4. The summed E-state index contributed by atoms with van der Waals surface area (Å²) in [6.45, 7) is 5.83. The van der Waals surface area contributed by atoms with Crippen LogP contribution in [0.5, 0.6) is 11.5 Å². The van der Waals surface area contributed by atoms with Gasteiger partial charge in [-0.15, -0.1) is 0 Å². The predicted octanol–water partition coefficient (Wildman–Crippen LogP) is 1.62. The van der Waals surface area contributed by atoms with Crippen LogP contribution in [0.1, 0.15) is 32.4 Å². The Labute approximate surface area is 113 Å². The van der Waals surface area contributed by atoms with Gasteiger partial charge in [0.15, 0.2) is 0 Å². The van der Waals surface area contributed by atoms with Gasteiger partial charge in [0.2, 0.25) is 5.91 Å². The molecule has 0 saturated carbocycles.